The van der Waals surface area contributed by atoms with Gasteiger partial charge in [-0.15, -0.1) is 0 Å². The number of nitrogens with one attached hydrogen (secondary N) is 2. The molecule has 0 atom stereocenters. The molecule has 176 valence electrons. The van der Waals surface area contributed by atoms with Crippen LogP contribution in [0.15, 0.2) is 48.5 Å². The molecule has 8 heteroatoms. The van der Waals surface area contributed by atoms with Crippen LogP contribution in [0.4, 0.5) is 0 Å². The lowest BCUT2D eigenvalue weighted by molar-refractivity contribution is -0.143. The zero-order valence-corrected chi connectivity index (χ0v) is 18.7. The quantitative estimate of drug-likeness (QED) is 0.475. The molecule has 1 aliphatic rings. The van der Waals surface area contributed by atoms with Crippen LogP contribution in [-0.4, -0.2) is 48.7 Å². The van der Waals surface area contributed by atoms with Crippen molar-refractivity contribution in [3.05, 3.63) is 59.7 Å². The van der Waals surface area contributed by atoms with Crippen molar-refractivity contribution >= 4 is 17.8 Å². The minimum Gasteiger partial charge on any atom is -0.494 e. The fraction of sp³-hybridized carbons (Fsp3) is 0.400. The third-order valence-electron chi connectivity index (χ3n) is 5.57. The van der Waals surface area contributed by atoms with Crippen LogP contribution in [0.3, 0.4) is 0 Å². The molecule has 3 N–H and O–H groups in total. The number of carboxylic acid groups (broad SMARTS) is 1. The Bertz CT molecular complexity index is 934. The third-order valence-corrected chi connectivity index (χ3v) is 5.57. The number of carbonyl (C=O) groups is 3. The number of carbonyl (C=O) groups excluding carboxylic acids is 2. The maximum Gasteiger partial charge on any atom is 0.306 e. The first-order chi connectivity index (χ1) is 16.0. The molecule has 8 nitrogen and oxygen atoms in total. The highest BCUT2D eigenvalue weighted by Gasteiger charge is 2.26. The summed E-state index contributed by atoms with van der Waals surface area (Å²) in [5.41, 5.74) is 1.02. The zero-order valence-electron chi connectivity index (χ0n) is 18.7. The van der Waals surface area contributed by atoms with E-state index < -0.39 is 5.97 Å². The van der Waals surface area contributed by atoms with E-state index in [9.17, 15) is 14.4 Å². The van der Waals surface area contributed by atoms with E-state index in [-0.39, 0.29) is 23.8 Å². The molecule has 0 bridgehead atoms. The van der Waals surface area contributed by atoms with Gasteiger partial charge in [0.05, 0.1) is 18.6 Å². The van der Waals surface area contributed by atoms with Gasteiger partial charge in [0.2, 0.25) is 0 Å². The first-order valence-corrected chi connectivity index (χ1v) is 11.2. The van der Waals surface area contributed by atoms with E-state index in [1.54, 1.807) is 48.5 Å². The standard InChI is InChI=1S/C25H30N2O6/c1-2-32-20-9-3-17(4-10-20)23(28)26-15-16-27-24(29)18-5-11-21(12-6-18)33-22-13-7-19(8-14-22)25(30)31/h3-6,9-12,19,22H,2,7-8,13-16H2,1H3,(H,26,28)(H,27,29)(H,30,31)/t19-,22-. The number of carboxylic acids is 1. The molecule has 0 heterocycles. The second kappa shape index (κ2) is 11.9. The topological polar surface area (TPSA) is 114 Å². The van der Waals surface area contributed by atoms with Gasteiger partial charge in [0, 0.05) is 24.2 Å². The van der Waals surface area contributed by atoms with Gasteiger partial charge in [-0.3, -0.25) is 14.4 Å². The molecular formula is C25H30N2O6. The molecule has 1 saturated carbocycles. The van der Waals surface area contributed by atoms with Crippen molar-refractivity contribution in [3.8, 4) is 11.5 Å². The predicted molar refractivity (Wildman–Crippen MR) is 123 cm³/mol. The average Bonchev–Trinajstić information content (AvgIpc) is 2.83. The monoisotopic (exact) mass is 454 g/mol. The van der Waals surface area contributed by atoms with Gasteiger partial charge >= 0.3 is 5.97 Å². The molecule has 2 aromatic carbocycles. The average molecular weight is 455 g/mol. The van der Waals surface area contributed by atoms with E-state index in [1.807, 2.05) is 6.92 Å². The predicted octanol–water partition coefficient (Wildman–Crippen LogP) is 3.27. The van der Waals surface area contributed by atoms with Gasteiger partial charge in [-0.2, -0.15) is 0 Å². The van der Waals surface area contributed by atoms with Gasteiger partial charge in [0.15, 0.2) is 0 Å². The molecular weight excluding hydrogens is 424 g/mol. The fourth-order valence-corrected chi connectivity index (χ4v) is 3.73. The van der Waals surface area contributed by atoms with E-state index >= 15 is 0 Å². The number of hydrogen-bond acceptors (Lipinski definition) is 5. The normalized spacial score (nSPS) is 17.6. The van der Waals surface area contributed by atoms with Crippen LogP contribution in [0, 0.1) is 5.92 Å². The first-order valence-electron chi connectivity index (χ1n) is 11.2. The van der Waals surface area contributed by atoms with Crippen LogP contribution < -0.4 is 20.1 Å². The lowest BCUT2D eigenvalue weighted by Gasteiger charge is -2.26. The molecule has 0 spiro atoms. The number of benzene rings is 2. The Morgan fingerprint density at radius 1 is 0.818 bits per heavy atom. The van der Waals surface area contributed by atoms with E-state index in [1.165, 1.54) is 0 Å². The Morgan fingerprint density at radius 3 is 1.76 bits per heavy atom. The highest BCUT2D eigenvalue weighted by molar-refractivity contribution is 5.95. The Hall–Kier alpha value is -3.55. The minimum atomic E-state index is -0.737. The summed E-state index contributed by atoms with van der Waals surface area (Å²) in [6, 6.07) is 13.7. The maximum absolute atomic E-state index is 12.3. The van der Waals surface area contributed by atoms with Gasteiger partial charge < -0.3 is 25.2 Å². The molecule has 2 amide bonds. The molecule has 1 aliphatic carbocycles. The van der Waals surface area contributed by atoms with Crippen LogP contribution >= 0.6 is 0 Å². The van der Waals surface area contributed by atoms with Crippen LogP contribution in [0.2, 0.25) is 0 Å². The van der Waals surface area contributed by atoms with Gasteiger partial charge in [-0.05, 0) is 81.1 Å². The molecule has 33 heavy (non-hydrogen) atoms. The summed E-state index contributed by atoms with van der Waals surface area (Å²) in [6.07, 6.45) is 2.66. The Morgan fingerprint density at radius 2 is 1.30 bits per heavy atom. The number of hydrogen-bond donors (Lipinski definition) is 3. The van der Waals surface area contributed by atoms with Gasteiger partial charge in [0.25, 0.3) is 11.8 Å². The van der Waals surface area contributed by atoms with Crippen molar-refractivity contribution in [2.75, 3.05) is 19.7 Å². The van der Waals surface area contributed by atoms with Crippen LogP contribution in [-0.2, 0) is 4.79 Å². The minimum absolute atomic E-state index is 0.000683. The maximum atomic E-state index is 12.3. The summed E-state index contributed by atoms with van der Waals surface area (Å²) in [4.78, 5) is 35.5. The SMILES string of the molecule is CCOc1ccc(C(=O)NCCNC(=O)c2ccc(O[C@H]3CC[C@H](C(=O)O)CC3)cc2)cc1. The van der Waals surface area contributed by atoms with Crippen molar-refractivity contribution in [2.45, 2.75) is 38.7 Å². The molecule has 3 rings (SSSR count). The van der Waals surface area contributed by atoms with E-state index in [2.05, 4.69) is 10.6 Å². The number of ether oxygens (including phenoxy) is 2. The summed E-state index contributed by atoms with van der Waals surface area (Å²) in [5.74, 6) is -0.0949. The fourth-order valence-electron chi connectivity index (χ4n) is 3.73. The Labute approximate surface area is 193 Å². The molecule has 0 radical (unpaired) electrons. The summed E-state index contributed by atoms with van der Waals surface area (Å²) in [5, 5.41) is 14.6. The Kier molecular flexibility index (Phi) is 8.69. The lowest BCUT2D eigenvalue weighted by Crippen LogP contribution is -2.34. The lowest BCUT2D eigenvalue weighted by atomic mass is 9.87. The van der Waals surface area contributed by atoms with Crippen LogP contribution in [0.1, 0.15) is 53.3 Å². The number of aliphatic carboxylic acids is 1. The Balaban J connectivity index is 1.37. The van der Waals surface area contributed by atoms with Gasteiger partial charge in [-0.1, -0.05) is 0 Å². The van der Waals surface area contributed by atoms with Crippen molar-refractivity contribution in [1.82, 2.24) is 10.6 Å². The number of rotatable bonds is 10. The van der Waals surface area contributed by atoms with Gasteiger partial charge in [0.1, 0.15) is 11.5 Å². The molecule has 2 aromatic rings. The highest BCUT2D eigenvalue weighted by Crippen LogP contribution is 2.28. The second-order valence-corrected chi connectivity index (χ2v) is 7.92. The van der Waals surface area contributed by atoms with E-state index in [4.69, 9.17) is 14.6 Å². The second-order valence-electron chi connectivity index (χ2n) is 7.92. The molecule has 0 aliphatic heterocycles. The molecule has 0 saturated heterocycles. The number of amides is 2. The zero-order chi connectivity index (χ0) is 23.6. The summed E-state index contributed by atoms with van der Waals surface area (Å²) < 4.78 is 11.3. The smallest absolute Gasteiger partial charge is 0.306 e. The summed E-state index contributed by atoms with van der Waals surface area (Å²) in [6.45, 7) is 3.06. The highest BCUT2D eigenvalue weighted by atomic mass is 16.5. The van der Waals surface area contributed by atoms with Gasteiger partial charge in [-0.25, -0.2) is 0 Å². The van der Waals surface area contributed by atoms with Crippen LogP contribution in [0.5, 0.6) is 11.5 Å². The van der Waals surface area contributed by atoms with E-state index in [0.29, 0.717) is 68.0 Å². The molecule has 0 unspecified atom stereocenters. The van der Waals surface area contributed by atoms with Crippen molar-refractivity contribution in [3.63, 3.8) is 0 Å². The van der Waals surface area contributed by atoms with Crippen LogP contribution in [0.25, 0.3) is 0 Å². The van der Waals surface area contributed by atoms with Crippen molar-refractivity contribution in [2.24, 2.45) is 5.92 Å². The van der Waals surface area contributed by atoms with E-state index in [0.717, 1.165) is 0 Å². The van der Waals surface area contributed by atoms with Crippen molar-refractivity contribution in [1.29, 1.82) is 0 Å². The molecule has 1 fully saturated rings. The third kappa shape index (κ3) is 7.24. The molecule has 0 aromatic heterocycles. The van der Waals surface area contributed by atoms with Crippen molar-refractivity contribution < 1.29 is 29.0 Å². The first kappa shape index (κ1) is 24.1. The summed E-state index contributed by atoms with van der Waals surface area (Å²) >= 11 is 0. The summed E-state index contributed by atoms with van der Waals surface area (Å²) in [7, 11) is 0. The largest absolute Gasteiger partial charge is 0.494 e.